The van der Waals surface area contributed by atoms with Crippen LogP contribution in [0.3, 0.4) is 0 Å². The van der Waals surface area contributed by atoms with Crippen molar-refractivity contribution in [2.45, 2.75) is 26.2 Å². The minimum Gasteiger partial charge on any atom is -0.316 e. The SMILES string of the molecule is CCCCNCCc1cnccn1. The van der Waals surface area contributed by atoms with Gasteiger partial charge in [-0.2, -0.15) is 0 Å². The molecule has 0 saturated heterocycles. The first-order valence-electron chi connectivity index (χ1n) is 4.89. The third kappa shape index (κ3) is 4.58. The van der Waals surface area contributed by atoms with E-state index in [4.69, 9.17) is 0 Å². The zero-order valence-electron chi connectivity index (χ0n) is 8.16. The number of nitrogens with one attached hydrogen (secondary N) is 1. The molecule has 0 bridgehead atoms. The maximum Gasteiger partial charge on any atom is 0.0599 e. The Bertz CT molecular complexity index is 211. The highest BCUT2D eigenvalue weighted by atomic mass is 14.9. The van der Waals surface area contributed by atoms with Crippen LogP contribution in [0.25, 0.3) is 0 Å². The summed E-state index contributed by atoms with van der Waals surface area (Å²) >= 11 is 0. The molecular formula is C10H17N3. The lowest BCUT2D eigenvalue weighted by molar-refractivity contribution is 0.635. The summed E-state index contributed by atoms with van der Waals surface area (Å²) in [6.07, 6.45) is 8.73. The lowest BCUT2D eigenvalue weighted by Gasteiger charge is -2.02. The normalized spacial score (nSPS) is 10.2. The molecule has 0 atom stereocenters. The van der Waals surface area contributed by atoms with E-state index in [-0.39, 0.29) is 0 Å². The number of nitrogens with zero attached hydrogens (tertiary/aromatic N) is 2. The van der Waals surface area contributed by atoms with E-state index >= 15 is 0 Å². The van der Waals surface area contributed by atoms with Gasteiger partial charge in [0, 0.05) is 31.6 Å². The van der Waals surface area contributed by atoms with Crippen molar-refractivity contribution in [1.82, 2.24) is 15.3 Å². The first-order valence-corrected chi connectivity index (χ1v) is 4.89. The summed E-state index contributed by atoms with van der Waals surface area (Å²) in [5, 5.41) is 3.37. The average molecular weight is 179 g/mol. The largest absolute Gasteiger partial charge is 0.316 e. The second kappa shape index (κ2) is 6.54. The molecule has 0 radical (unpaired) electrons. The Balaban J connectivity index is 2.07. The first-order chi connectivity index (χ1) is 6.43. The second-order valence-electron chi connectivity index (χ2n) is 3.05. The average Bonchev–Trinajstić information content (AvgIpc) is 2.19. The van der Waals surface area contributed by atoms with E-state index in [0.717, 1.165) is 25.2 Å². The quantitative estimate of drug-likeness (QED) is 0.671. The molecule has 0 amide bonds. The molecule has 13 heavy (non-hydrogen) atoms. The Labute approximate surface area is 79.6 Å². The third-order valence-electron chi connectivity index (χ3n) is 1.88. The molecule has 1 heterocycles. The molecule has 0 fully saturated rings. The van der Waals surface area contributed by atoms with Crippen LogP contribution in [-0.2, 0) is 6.42 Å². The zero-order chi connectivity index (χ0) is 9.36. The Morgan fingerprint density at radius 3 is 2.92 bits per heavy atom. The van der Waals surface area contributed by atoms with E-state index in [0.29, 0.717) is 0 Å². The maximum atomic E-state index is 4.19. The Morgan fingerprint density at radius 1 is 1.31 bits per heavy atom. The number of rotatable bonds is 6. The molecule has 72 valence electrons. The van der Waals surface area contributed by atoms with Crippen molar-refractivity contribution in [3.8, 4) is 0 Å². The van der Waals surface area contributed by atoms with Gasteiger partial charge in [-0.1, -0.05) is 13.3 Å². The third-order valence-corrected chi connectivity index (χ3v) is 1.88. The van der Waals surface area contributed by atoms with E-state index in [1.807, 2.05) is 6.20 Å². The zero-order valence-corrected chi connectivity index (χ0v) is 8.16. The summed E-state index contributed by atoms with van der Waals surface area (Å²) < 4.78 is 0. The number of hydrogen-bond donors (Lipinski definition) is 1. The van der Waals surface area contributed by atoms with Crippen molar-refractivity contribution < 1.29 is 0 Å². The van der Waals surface area contributed by atoms with Crippen LogP contribution >= 0.6 is 0 Å². The fourth-order valence-electron chi connectivity index (χ4n) is 1.10. The van der Waals surface area contributed by atoms with Gasteiger partial charge >= 0.3 is 0 Å². The summed E-state index contributed by atoms with van der Waals surface area (Å²) in [5.74, 6) is 0. The van der Waals surface area contributed by atoms with Crippen LogP contribution < -0.4 is 5.32 Å². The molecule has 1 aromatic rings. The van der Waals surface area contributed by atoms with Crippen LogP contribution in [0, 0.1) is 0 Å². The van der Waals surface area contributed by atoms with Gasteiger partial charge in [0.15, 0.2) is 0 Å². The summed E-state index contributed by atoms with van der Waals surface area (Å²) in [4.78, 5) is 8.20. The van der Waals surface area contributed by atoms with Gasteiger partial charge in [-0.3, -0.25) is 9.97 Å². The monoisotopic (exact) mass is 179 g/mol. The Hall–Kier alpha value is -0.960. The molecule has 3 nitrogen and oxygen atoms in total. The van der Waals surface area contributed by atoms with E-state index in [1.54, 1.807) is 12.4 Å². The molecular weight excluding hydrogens is 162 g/mol. The van der Waals surface area contributed by atoms with Crippen LogP contribution in [0.1, 0.15) is 25.5 Å². The molecule has 0 aliphatic carbocycles. The summed E-state index contributed by atoms with van der Waals surface area (Å²) in [6.45, 7) is 4.31. The standard InChI is InChI=1S/C10H17N3/c1-2-3-5-11-6-4-10-9-12-7-8-13-10/h7-9,11H,2-6H2,1H3. The van der Waals surface area contributed by atoms with E-state index in [9.17, 15) is 0 Å². The molecule has 0 saturated carbocycles. The van der Waals surface area contributed by atoms with Crippen molar-refractivity contribution >= 4 is 0 Å². The van der Waals surface area contributed by atoms with Crippen molar-refractivity contribution in [1.29, 1.82) is 0 Å². The molecule has 0 spiro atoms. The van der Waals surface area contributed by atoms with Crippen molar-refractivity contribution in [3.05, 3.63) is 24.3 Å². The van der Waals surface area contributed by atoms with Crippen LogP contribution in [0.4, 0.5) is 0 Å². The van der Waals surface area contributed by atoms with Gasteiger partial charge in [-0.25, -0.2) is 0 Å². The number of unbranched alkanes of at least 4 members (excludes halogenated alkanes) is 1. The Kier molecular flexibility index (Phi) is 5.10. The fraction of sp³-hybridized carbons (Fsp3) is 0.600. The minimum absolute atomic E-state index is 0.970. The van der Waals surface area contributed by atoms with Gasteiger partial charge in [-0.15, -0.1) is 0 Å². The fourth-order valence-corrected chi connectivity index (χ4v) is 1.10. The maximum absolute atomic E-state index is 4.19. The molecule has 0 unspecified atom stereocenters. The second-order valence-corrected chi connectivity index (χ2v) is 3.05. The van der Waals surface area contributed by atoms with E-state index in [2.05, 4.69) is 22.2 Å². The lowest BCUT2D eigenvalue weighted by Crippen LogP contribution is -2.18. The van der Waals surface area contributed by atoms with Gasteiger partial charge in [0.05, 0.1) is 5.69 Å². The van der Waals surface area contributed by atoms with Gasteiger partial charge in [0.1, 0.15) is 0 Å². The highest BCUT2D eigenvalue weighted by Crippen LogP contribution is 1.90. The summed E-state index contributed by atoms with van der Waals surface area (Å²) in [7, 11) is 0. The predicted octanol–water partition coefficient (Wildman–Crippen LogP) is 1.41. The molecule has 1 aromatic heterocycles. The van der Waals surface area contributed by atoms with Gasteiger partial charge in [0.2, 0.25) is 0 Å². The summed E-state index contributed by atoms with van der Waals surface area (Å²) in [6, 6.07) is 0. The van der Waals surface area contributed by atoms with Crippen LogP contribution in [0.15, 0.2) is 18.6 Å². The molecule has 1 rings (SSSR count). The highest BCUT2D eigenvalue weighted by Gasteiger charge is 1.92. The lowest BCUT2D eigenvalue weighted by atomic mass is 10.3. The van der Waals surface area contributed by atoms with Crippen LogP contribution in [0.2, 0.25) is 0 Å². The van der Waals surface area contributed by atoms with Crippen molar-refractivity contribution in [2.24, 2.45) is 0 Å². The topological polar surface area (TPSA) is 37.8 Å². The van der Waals surface area contributed by atoms with Gasteiger partial charge in [0.25, 0.3) is 0 Å². The minimum atomic E-state index is 0.970. The highest BCUT2D eigenvalue weighted by molar-refractivity contribution is 4.94. The molecule has 0 aromatic carbocycles. The number of hydrogen-bond acceptors (Lipinski definition) is 3. The van der Waals surface area contributed by atoms with E-state index < -0.39 is 0 Å². The number of aromatic nitrogens is 2. The van der Waals surface area contributed by atoms with Crippen molar-refractivity contribution in [3.63, 3.8) is 0 Å². The molecule has 1 N–H and O–H groups in total. The van der Waals surface area contributed by atoms with E-state index in [1.165, 1.54) is 12.8 Å². The van der Waals surface area contributed by atoms with Crippen LogP contribution in [-0.4, -0.2) is 23.1 Å². The predicted molar refractivity (Wildman–Crippen MR) is 53.5 cm³/mol. The summed E-state index contributed by atoms with van der Waals surface area (Å²) in [5.41, 5.74) is 1.06. The van der Waals surface area contributed by atoms with Crippen molar-refractivity contribution in [2.75, 3.05) is 13.1 Å². The van der Waals surface area contributed by atoms with Gasteiger partial charge in [-0.05, 0) is 13.0 Å². The molecule has 3 heteroatoms. The molecule has 0 aliphatic heterocycles. The van der Waals surface area contributed by atoms with Crippen LogP contribution in [0.5, 0.6) is 0 Å². The first kappa shape index (κ1) is 10.1. The van der Waals surface area contributed by atoms with Gasteiger partial charge < -0.3 is 5.32 Å². The smallest absolute Gasteiger partial charge is 0.0599 e. The Morgan fingerprint density at radius 2 is 2.23 bits per heavy atom. The molecule has 0 aliphatic rings.